The summed E-state index contributed by atoms with van der Waals surface area (Å²) in [5, 5.41) is 2.88. The molecule has 0 radical (unpaired) electrons. The second kappa shape index (κ2) is 12.9. The van der Waals surface area contributed by atoms with Crippen LogP contribution >= 0.6 is 15.9 Å². The van der Waals surface area contributed by atoms with E-state index in [9.17, 15) is 18.0 Å². The van der Waals surface area contributed by atoms with Gasteiger partial charge in [0.15, 0.2) is 0 Å². The van der Waals surface area contributed by atoms with Crippen LogP contribution in [0.25, 0.3) is 0 Å². The SMILES string of the molecule is CCCNC(=O)[C@H](CC)N(CCc1ccccc1)C(=O)CN(c1ccc(Br)c(C)c1)S(C)(=O)=O. The third kappa shape index (κ3) is 7.84. The summed E-state index contributed by atoms with van der Waals surface area (Å²) in [6, 6.07) is 14.2. The second-order valence-corrected chi connectivity index (χ2v) is 11.0. The Hall–Kier alpha value is -2.39. The molecule has 0 aromatic heterocycles. The Morgan fingerprint density at radius 2 is 1.76 bits per heavy atom. The van der Waals surface area contributed by atoms with Crippen LogP contribution in [-0.2, 0) is 26.0 Å². The van der Waals surface area contributed by atoms with E-state index < -0.39 is 22.0 Å². The lowest BCUT2D eigenvalue weighted by Gasteiger charge is -2.33. The van der Waals surface area contributed by atoms with Gasteiger partial charge in [0.1, 0.15) is 12.6 Å². The lowest BCUT2D eigenvalue weighted by molar-refractivity contribution is -0.139. The van der Waals surface area contributed by atoms with Gasteiger partial charge in [0.25, 0.3) is 0 Å². The second-order valence-electron chi connectivity index (χ2n) is 8.24. The molecule has 0 aliphatic carbocycles. The van der Waals surface area contributed by atoms with Crippen molar-refractivity contribution in [2.45, 2.75) is 46.1 Å². The Balaban J connectivity index is 2.36. The van der Waals surface area contributed by atoms with Crippen LogP contribution in [-0.4, -0.2) is 57.1 Å². The number of benzene rings is 2. The topological polar surface area (TPSA) is 86.8 Å². The summed E-state index contributed by atoms with van der Waals surface area (Å²) >= 11 is 3.42. The van der Waals surface area contributed by atoms with E-state index in [1.165, 1.54) is 4.90 Å². The van der Waals surface area contributed by atoms with Crippen molar-refractivity contribution in [2.24, 2.45) is 0 Å². The van der Waals surface area contributed by atoms with Crippen LogP contribution < -0.4 is 9.62 Å². The molecule has 2 aromatic rings. The van der Waals surface area contributed by atoms with Crippen LogP contribution in [0.15, 0.2) is 53.0 Å². The van der Waals surface area contributed by atoms with Gasteiger partial charge in [-0.1, -0.05) is 60.1 Å². The predicted molar refractivity (Wildman–Crippen MR) is 140 cm³/mol. The number of hydrogen-bond acceptors (Lipinski definition) is 4. The zero-order chi connectivity index (χ0) is 25.3. The number of hydrogen-bond donors (Lipinski definition) is 1. The average molecular weight is 553 g/mol. The first kappa shape index (κ1) is 27.9. The fourth-order valence-corrected chi connectivity index (χ4v) is 4.75. The van der Waals surface area contributed by atoms with E-state index in [-0.39, 0.29) is 12.5 Å². The van der Waals surface area contributed by atoms with E-state index in [2.05, 4.69) is 21.2 Å². The van der Waals surface area contributed by atoms with E-state index in [0.717, 1.165) is 32.6 Å². The standard InChI is InChI=1S/C25H34BrN3O4S/c1-5-15-27-25(31)23(6-2)28(16-14-20-10-8-7-9-11-20)24(30)18-29(34(4,32)33)21-12-13-22(26)19(3)17-21/h7-13,17,23H,5-6,14-16,18H2,1-4H3,(H,27,31)/t23-/m0/s1. The van der Waals surface area contributed by atoms with Gasteiger partial charge >= 0.3 is 0 Å². The Labute approximate surface area is 211 Å². The number of carbonyl (C=O) groups excluding carboxylic acids is 2. The number of carbonyl (C=O) groups is 2. The molecule has 34 heavy (non-hydrogen) atoms. The van der Waals surface area contributed by atoms with Gasteiger partial charge in [0.2, 0.25) is 21.8 Å². The maximum atomic E-state index is 13.6. The maximum Gasteiger partial charge on any atom is 0.244 e. The van der Waals surface area contributed by atoms with Gasteiger partial charge in [0, 0.05) is 17.6 Å². The number of rotatable bonds is 12. The third-order valence-corrected chi connectivity index (χ3v) is 7.56. The van der Waals surface area contributed by atoms with Gasteiger partial charge in [-0.05, 0) is 55.5 Å². The minimum absolute atomic E-state index is 0.226. The molecule has 0 unspecified atom stereocenters. The normalized spacial score (nSPS) is 12.1. The lowest BCUT2D eigenvalue weighted by Crippen LogP contribution is -2.53. The van der Waals surface area contributed by atoms with Gasteiger partial charge in [-0.15, -0.1) is 0 Å². The van der Waals surface area contributed by atoms with Crippen molar-refractivity contribution in [3.05, 3.63) is 64.1 Å². The monoisotopic (exact) mass is 551 g/mol. The molecule has 7 nitrogen and oxygen atoms in total. The fraction of sp³-hybridized carbons (Fsp3) is 0.440. The predicted octanol–water partition coefficient (Wildman–Crippen LogP) is 3.90. The van der Waals surface area contributed by atoms with Gasteiger partial charge in [0.05, 0.1) is 11.9 Å². The van der Waals surface area contributed by atoms with Crippen LogP contribution in [0.3, 0.4) is 0 Å². The van der Waals surface area contributed by atoms with Crippen LogP contribution in [0.1, 0.15) is 37.8 Å². The Morgan fingerprint density at radius 3 is 2.32 bits per heavy atom. The molecule has 9 heteroatoms. The molecule has 0 heterocycles. The Bertz CT molecular complexity index is 1080. The molecule has 0 fully saturated rings. The molecule has 0 saturated carbocycles. The summed E-state index contributed by atoms with van der Waals surface area (Å²) in [6.07, 6.45) is 2.84. The van der Waals surface area contributed by atoms with Crippen LogP contribution in [0.2, 0.25) is 0 Å². The zero-order valence-electron chi connectivity index (χ0n) is 20.3. The van der Waals surface area contributed by atoms with Crippen LogP contribution in [0, 0.1) is 6.92 Å². The first-order chi connectivity index (χ1) is 16.1. The highest BCUT2D eigenvalue weighted by Gasteiger charge is 2.31. The van der Waals surface area contributed by atoms with Crippen molar-refractivity contribution in [1.29, 1.82) is 0 Å². The Morgan fingerprint density at radius 1 is 1.09 bits per heavy atom. The summed E-state index contributed by atoms with van der Waals surface area (Å²) in [6.45, 7) is 6.11. The van der Waals surface area contributed by atoms with Crippen LogP contribution in [0.4, 0.5) is 5.69 Å². The molecular weight excluding hydrogens is 518 g/mol. The summed E-state index contributed by atoms with van der Waals surface area (Å²) in [4.78, 5) is 28.0. The van der Waals surface area contributed by atoms with Crippen molar-refractivity contribution in [3.63, 3.8) is 0 Å². The largest absolute Gasteiger partial charge is 0.354 e. The number of aryl methyl sites for hydroxylation is 1. The molecule has 2 aromatic carbocycles. The number of sulfonamides is 1. The van der Waals surface area contributed by atoms with Crippen LogP contribution in [0.5, 0.6) is 0 Å². The maximum absolute atomic E-state index is 13.6. The Kier molecular flexibility index (Phi) is 10.6. The smallest absolute Gasteiger partial charge is 0.244 e. The highest BCUT2D eigenvalue weighted by atomic mass is 79.9. The zero-order valence-corrected chi connectivity index (χ0v) is 22.7. The quantitative estimate of drug-likeness (QED) is 0.433. The first-order valence-electron chi connectivity index (χ1n) is 11.4. The van der Waals surface area contributed by atoms with Crippen molar-refractivity contribution in [2.75, 3.05) is 30.2 Å². The van der Waals surface area contributed by atoms with Crippen molar-refractivity contribution in [3.8, 4) is 0 Å². The highest BCUT2D eigenvalue weighted by molar-refractivity contribution is 9.10. The molecule has 0 aliphatic heterocycles. The molecule has 0 spiro atoms. The van der Waals surface area contributed by atoms with E-state index in [1.807, 2.05) is 51.1 Å². The summed E-state index contributed by atoms with van der Waals surface area (Å²) in [5.74, 6) is -0.642. The minimum Gasteiger partial charge on any atom is -0.354 e. The molecule has 186 valence electrons. The van der Waals surface area contributed by atoms with E-state index in [1.54, 1.807) is 18.2 Å². The molecule has 2 amide bonds. The number of anilines is 1. The highest BCUT2D eigenvalue weighted by Crippen LogP contribution is 2.25. The van der Waals surface area contributed by atoms with Crippen molar-refractivity contribution >= 4 is 43.5 Å². The molecule has 2 rings (SSSR count). The number of nitrogens with one attached hydrogen (secondary N) is 1. The van der Waals surface area contributed by atoms with Gasteiger partial charge in [-0.25, -0.2) is 8.42 Å². The average Bonchev–Trinajstić information content (AvgIpc) is 2.80. The minimum atomic E-state index is -3.74. The van der Waals surface area contributed by atoms with E-state index in [4.69, 9.17) is 0 Å². The number of nitrogens with zero attached hydrogens (tertiary/aromatic N) is 2. The summed E-state index contributed by atoms with van der Waals surface area (Å²) < 4.78 is 27.2. The third-order valence-electron chi connectivity index (χ3n) is 5.53. The molecule has 1 atom stereocenters. The molecule has 0 bridgehead atoms. The van der Waals surface area contributed by atoms with Gasteiger partial charge < -0.3 is 10.2 Å². The number of halogens is 1. The molecular formula is C25H34BrN3O4S. The molecule has 1 N–H and O–H groups in total. The summed E-state index contributed by atoms with van der Waals surface area (Å²) in [7, 11) is -3.74. The van der Waals surface area contributed by atoms with E-state index in [0.29, 0.717) is 31.6 Å². The van der Waals surface area contributed by atoms with Crippen molar-refractivity contribution < 1.29 is 18.0 Å². The van der Waals surface area contributed by atoms with Gasteiger partial charge in [-0.3, -0.25) is 13.9 Å². The summed E-state index contributed by atoms with van der Waals surface area (Å²) in [5.41, 5.74) is 2.29. The fourth-order valence-electron chi connectivity index (χ4n) is 3.66. The first-order valence-corrected chi connectivity index (χ1v) is 14.1. The molecule has 0 saturated heterocycles. The number of amides is 2. The molecule has 0 aliphatic rings. The van der Waals surface area contributed by atoms with Gasteiger partial charge in [-0.2, -0.15) is 0 Å². The van der Waals surface area contributed by atoms with Crippen molar-refractivity contribution in [1.82, 2.24) is 10.2 Å². The van der Waals surface area contributed by atoms with E-state index >= 15 is 0 Å². The lowest BCUT2D eigenvalue weighted by atomic mass is 10.1.